The van der Waals surface area contributed by atoms with E-state index in [1.807, 2.05) is 59.1 Å². The lowest BCUT2D eigenvalue weighted by atomic mass is 10.1. The van der Waals surface area contributed by atoms with Crippen molar-refractivity contribution in [2.24, 2.45) is 0 Å². The number of hydrogen-bond donors (Lipinski definition) is 2. The molecular weight excluding hydrogens is 460 g/mol. The minimum Gasteiger partial charge on any atom is -0.497 e. The summed E-state index contributed by atoms with van der Waals surface area (Å²) in [4.78, 5) is 33.6. The van der Waals surface area contributed by atoms with Gasteiger partial charge in [-0.3, -0.25) is 4.79 Å². The van der Waals surface area contributed by atoms with E-state index in [-0.39, 0.29) is 11.9 Å². The first-order chi connectivity index (χ1) is 17.1. The van der Waals surface area contributed by atoms with E-state index in [4.69, 9.17) is 9.72 Å². The highest BCUT2D eigenvalue weighted by Gasteiger charge is 2.30. The maximum atomic E-state index is 13.3. The normalized spacial score (nSPS) is 16.3. The van der Waals surface area contributed by atoms with Crippen LogP contribution in [0.4, 0.5) is 5.00 Å². The molecule has 1 aliphatic rings. The zero-order valence-corrected chi connectivity index (χ0v) is 20.4. The standard InChI is InChI=1S/C26H26N6O2S/c1-16-14-31(26-24(28-15-35-26)25-29-21-5-3-4-6-22(21)30-25)9-10-32(16)23(33)11-17-13-27-20-8-7-18(34-2)12-19(17)20/h3-8,12-13,15-16,27H,9-11,14H2,1-2H3,(H,29,30). The Kier molecular flexibility index (Phi) is 5.41. The van der Waals surface area contributed by atoms with E-state index in [0.717, 1.165) is 62.9 Å². The molecule has 3 aromatic heterocycles. The topological polar surface area (TPSA) is 90.1 Å². The third-order valence-electron chi connectivity index (χ3n) is 6.71. The summed E-state index contributed by atoms with van der Waals surface area (Å²) in [6.45, 7) is 4.30. The second kappa shape index (κ2) is 8.74. The molecule has 1 saturated heterocycles. The molecule has 1 atom stereocenters. The third kappa shape index (κ3) is 3.91. The first-order valence-electron chi connectivity index (χ1n) is 11.7. The lowest BCUT2D eigenvalue weighted by molar-refractivity contribution is -0.132. The number of carbonyl (C=O) groups excluding carboxylic acids is 1. The summed E-state index contributed by atoms with van der Waals surface area (Å²) in [5.74, 6) is 1.71. The summed E-state index contributed by atoms with van der Waals surface area (Å²) in [5, 5.41) is 2.12. The van der Waals surface area contributed by atoms with Crippen LogP contribution >= 0.6 is 11.3 Å². The van der Waals surface area contributed by atoms with Gasteiger partial charge in [0.25, 0.3) is 0 Å². The number of hydrogen-bond acceptors (Lipinski definition) is 6. The number of fused-ring (bicyclic) bond motifs is 2. The van der Waals surface area contributed by atoms with Crippen molar-refractivity contribution in [3.05, 3.63) is 59.7 Å². The number of nitrogens with one attached hydrogen (secondary N) is 2. The summed E-state index contributed by atoms with van der Waals surface area (Å²) in [5.41, 5.74) is 6.67. The van der Waals surface area contributed by atoms with E-state index in [1.165, 1.54) is 0 Å². The Labute approximate surface area is 206 Å². The van der Waals surface area contributed by atoms with Gasteiger partial charge in [0, 0.05) is 42.8 Å². The molecule has 2 N–H and O–H groups in total. The van der Waals surface area contributed by atoms with Crippen molar-refractivity contribution in [2.45, 2.75) is 19.4 Å². The van der Waals surface area contributed by atoms with Crippen molar-refractivity contribution in [1.82, 2.24) is 24.8 Å². The lowest BCUT2D eigenvalue weighted by Gasteiger charge is -2.40. The monoisotopic (exact) mass is 486 g/mol. The maximum absolute atomic E-state index is 13.3. The van der Waals surface area contributed by atoms with Crippen LogP contribution in [0.15, 0.2) is 54.2 Å². The van der Waals surface area contributed by atoms with E-state index in [2.05, 4.69) is 26.8 Å². The van der Waals surface area contributed by atoms with Gasteiger partial charge in [0.15, 0.2) is 5.82 Å². The number of methoxy groups -OCH3 is 1. The van der Waals surface area contributed by atoms with Crippen molar-refractivity contribution in [3.63, 3.8) is 0 Å². The number of rotatable bonds is 5. The molecule has 1 aliphatic heterocycles. The Balaban J connectivity index is 1.18. The molecule has 0 radical (unpaired) electrons. The number of amides is 1. The van der Waals surface area contributed by atoms with Crippen LogP contribution in [-0.2, 0) is 11.2 Å². The van der Waals surface area contributed by atoms with Gasteiger partial charge < -0.3 is 24.5 Å². The number of H-pyrrole nitrogens is 2. The van der Waals surface area contributed by atoms with Crippen LogP contribution in [-0.4, -0.2) is 63.5 Å². The Morgan fingerprint density at radius 2 is 2.09 bits per heavy atom. The maximum Gasteiger partial charge on any atom is 0.227 e. The predicted molar refractivity (Wildman–Crippen MR) is 139 cm³/mol. The average Bonchev–Trinajstić information content (AvgIpc) is 3.61. The number of imidazole rings is 1. The summed E-state index contributed by atoms with van der Waals surface area (Å²) in [6, 6.07) is 14.0. The fraction of sp³-hybridized carbons (Fsp3) is 0.269. The van der Waals surface area contributed by atoms with Gasteiger partial charge >= 0.3 is 0 Å². The Morgan fingerprint density at radius 3 is 2.91 bits per heavy atom. The number of ether oxygens (including phenoxy) is 1. The molecule has 0 aliphatic carbocycles. The van der Waals surface area contributed by atoms with E-state index < -0.39 is 0 Å². The van der Waals surface area contributed by atoms with Crippen LogP contribution < -0.4 is 9.64 Å². The van der Waals surface area contributed by atoms with Gasteiger partial charge in [0.05, 0.1) is 30.1 Å². The number of carbonyl (C=O) groups is 1. The van der Waals surface area contributed by atoms with Crippen molar-refractivity contribution in [3.8, 4) is 17.3 Å². The van der Waals surface area contributed by atoms with Crippen LogP contribution in [0.3, 0.4) is 0 Å². The molecule has 1 fully saturated rings. The fourth-order valence-corrected chi connectivity index (χ4v) is 5.73. The van der Waals surface area contributed by atoms with Crippen molar-refractivity contribution < 1.29 is 9.53 Å². The van der Waals surface area contributed by atoms with Crippen molar-refractivity contribution >= 4 is 44.2 Å². The molecule has 1 amide bonds. The molecule has 0 bridgehead atoms. The van der Waals surface area contributed by atoms with Crippen LogP contribution in [0.25, 0.3) is 33.5 Å². The van der Waals surface area contributed by atoms with E-state index in [1.54, 1.807) is 18.4 Å². The van der Waals surface area contributed by atoms with E-state index in [9.17, 15) is 4.79 Å². The number of para-hydroxylation sites is 2. The second-order valence-corrected chi connectivity index (χ2v) is 9.73. The zero-order chi connectivity index (χ0) is 23.9. The minimum absolute atomic E-state index is 0.0848. The number of piperazine rings is 1. The van der Waals surface area contributed by atoms with Crippen molar-refractivity contribution in [1.29, 1.82) is 0 Å². The molecule has 35 heavy (non-hydrogen) atoms. The Bertz CT molecular complexity index is 1490. The highest BCUT2D eigenvalue weighted by atomic mass is 32.1. The molecule has 1 unspecified atom stereocenters. The number of aromatic amines is 2. The van der Waals surface area contributed by atoms with Crippen LogP contribution in [0.5, 0.6) is 5.75 Å². The van der Waals surface area contributed by atoms with Crippen molar-refractivity contribution in [2.75, 3.05) is 31.6 Å². The number of thiazole rings is 1. The predicted octanol–water partition coefficient (Wildman–Crippen LogP) is 4.46. The number of anilines is 1. The van der Waals surface area contributed by atoms with E-state index in [0.29, 0.717) is 13.0 Å². The van der Waals surface area contributed by atoms with Crippen LogP contribution in [0, 0.1) is 0 Å². The second-order valence-electron chi connectivity index (χ2n) is 8.89. The molecule has 6 rings (SSSR count). The highest BCUT2D eigenvalue weighted by Crippen LogP contribution is 2.34. The zero-order valence-electron chi connectivity index (χ0n) is 19.6. The van der Waals surface area contributed by atoms with E-state index >= 15 is 0 Å². The fourth-order valence-electron chi connectivity index (χ4n) is 4.90. The molecule has 9 heteroatoms. The van der Waals surface area contributed by atoms with Gasteiger partial charge in [-0.1, -0.05) is 12.1 Å². The van der Waals surface area contributed by atoms with Gasteiger partial charge in [0.2, 0.25) is 5.91 Å². The SMILES string of the molecule is COc1ccc2[nH]cc(CC(=O)N3CCN(c4scnc4-c4nc5ccccc5[nH]4)CC3C)c2c1. The first-order valence-corrected chi connectivity index (χ1v) is 12.6. The molecule has 4 heterocycles. The Morgan fingerprint density at radius 1 is 1.20 bits per heavy atom. The van der Waals surface area contributed by atoms with Gasteiger partial charge in [0.1, 0.15) is 16.4 Å². The summed E-state index contributed by atoms with van der Waals surface area (Å²) >= 11 is 1.62. The smallest absolute Gasteiger partial charge is 0.227 e. The number of benzene rings is 2. The van der Waals surface area contributed by atoms with Gasteiger partial charge in [-0.2, -0.15) is 0 Å². The number of nitrogens with zero attached hydrogens (tertiary/aromatic N) is 4. The molecule has 0 spiro atoms. The van der Waals surface area contributed by atoms with Crippen LogP contribution in [0.1, 0.15) is 12.5 Å². The molecule has 5 aromatic rings. The minimum atomic E-state index is 0.0848. The third-order valence-corrected chi connectivity index (χ3v) is 7.60. The van der Waals surface area contributed by atoms with Gasteiger partial charge in [-0.25, -0.2) is 9.97 Å². The van der Waals surface area contributed by atoms with Gasteiger partial charge in [-0.05, 0) is 42.8 Å². The quantitative estimate of drug-likeness (QED) is 0.383. The first kappa shape index (κ1) is 21.7. The summed E-state index contributed by atoms with van der Waals surface area (Å²) < 4.78 is 5.37. The highest BCUT2D eigenvalue weighted by molar-refractivity contribution is 7.14. The van der Waals surface area contributed by atoms with Gasteiger partial charge in [-0.15, -0.1) is 11.3 Å². The summed E-state index contributed by atoms with van der Waals surface area (Å²) in [6.07, 6.45) is 2.29. The largest absolute Gasteiger partial charge is 0.497 e. The Hall–Kier alpha value is -3.85. The molecule has 178 valence electrons. The lowest BCUT2D eigenvalue weighted by Crippen LogP contribution is -2.54. The average molecular weight is 487 g/mol. The molecule has 0 saturated carbocycles. The summed E-state index contributed by atoms with van der Waals surface area (Å²) in [7, 11) is 1.66. The molecular formula is C26H26N6O2S. The molecule has 8 nitrogen and oxygen atoms in total. The van der Waals surface area contributed by atoms with Crippen LogP contribution in [0.2, 0.25) is 0 Å². The molecule has 2 aromatic carbocycles. The number of aromatic nitrogens is 4.